The van der Waals surface area contributed by atoms with E-state index >= 15 is 0 Å². The molecule has 2 aliphatic rings. The maximum absolute atomic E-state index is 13.9. The topological polar surface area (TPSA) is 25.4 Å². The van der Waals surface area contributed by atoms with E-state index in [1.54, 1.807) is 6.07 Å². The minimum absolute atomic E-state index is 0.0394. The molecule has 4 rings (SSSR count). The van der Waals surface area contributed by atoms with E-state index in [1.807, 2.05) is 30.6 Å². The number of hydrogen-bond donors (Lipinski definition) is 0. The van der Waals surface area contributed by atoms with E-state index in [9.17, 15) is 4.39 Å². The lowest BCUT2D eigenvalue weighted by Crippen LogP contribution is -2.44. The van der Waals surface area contributed by atoms with Gasteiger partial charge in [0.25, 0.3) is 0 Å². The van der Waals surface area contributed by atoms with E-state index in [0.29, 0.717) is 11.6 Å². The van der Waals surface area contributed by atoms with E-state index in [4.69, 9.17) is 4.74 Å². The van der Waals surface area contributed by atoms with Crippen LogP contribution >= 0.6 is 0 Å². The third kappa shape index (κ3) is 2.83. The fourth-order valence-electron chi connectivity index (χ4n) is 3.89. The fraction of sp³-hybridized carbons (Fsp3) is 0.421. The van der Waals surface area contributed by atoms with Crippen LogP contribution in [0.5, 0.6) is 0 Å². The average molecular weight is 312 g/mol. The summed E-state index contributed by atoms with van der Waals surface area (Å²) in [4.78, 5) is 6.36. The molecule has 1 atom stereocenters. The predicted molar refractivity (Wildman–Crippen MR) is 88.1 cm³/mol. The van der Waals surface area contributed by atoms with E-state index in [-0.39, 0.29) is 11.4 Å². The highest BCUT2D eigenvalue weighted by Crippen LogP contribution is 2.43. The summed E-state index contributed by atoms with van der Waals surface area (Å²) in [6, 6.07) is 11.2. The van der Waals surface area contributed by atoms with Crippen LogP contribution in [0.3, 0.4) is 0 Å². The molecule has 23 heavy (non-hydrogen) atoms. The lowest BCUT2D eigenvalue weighted by Gasteiger charge is -2.40. The Hall–Kier alpha value is -1.94. The zero-order chi connectivity index (χ0) is 15.7. The van der Waals surface area contributed by atoms with Crippen LogP contribution in [0.4, 0.5) is 10.1 Å². The van der Waals surface area contributed by atoms with Crippen molar-refractivity contribution in [3.63, 3.8) is 0 Å². The van der Waals surface area contributed by atoms with E-state index in [2.05, 4.69) is 16.0 Å². The molecule has 0 N–H and O–H groups in total. The first kappa shape index (κ1) is 14.6. The van der Waals surface area contributed by atoms with Gasteiger partial charge in [0.2, 0.25) is 0 Å². The van der Waals surface area contributed by atoms with E-state index in [1.165, 1.54) is 11.6 Å². The van der Waals surface area contributed by atoms with E-state index < -0.39 is 0 Å². The summed E-state index contributed by atoms with van der Waals surface area (Å²) >= 11 is 0. The number of nitrogens with zero attached hydrogens (tertiary/aromatic N) is 2. The van der Waals surface area contributed by atoms with Crippen molar-refractivity contribution >= 4 is 5.69 Å². The van der Waals surface area contributed by atoms with Crippen LogP contribution < -0.4 is 4.90 Å². The Morgan fingerprint density at radius 3 is 2.70 bits per heavy atom. The van der Waals surface area contributed by atoms with Gasteiger partial charge in [0.1, 0.15) is 5.82 Å². The summed E-state index contributed by atoms with van der Waals surface area (Å²) < 4.78 is 20.2. The lowest BCUT2D eigenvalue weighted by molar-refractivity contribution is -0.0149. The molecular weight excluding hydrogens is 291 g/mol. The summed E-state index contributed by atoms with van der Waals surface area (Å²) in [6.07, 6.45) is 6.71. The van der Waals surface area contributed by atoms with Crippen LogP contribution in [-0.2, 0) is 4.74 Å². The molecular formula is C19H21FN2O. The maximum Gasteiger partial charge on any atom is 0.146 e. The summed E-state index contributed by atoms with van der Waals surface area (Å²) in [5, 5.41) is 0. The van der Waals surface area contributed by atoms with Crippen LogP contribution in [0.25, 0.3) is 0 Å². The molecule has 0 bridgehead atoms. The first-order valence-electron chi connectivity index (χ1n) is 8.29. The second-order valence-corrected chi connectivity index (χ2v) is 6.62. The number of pyridine rings is 1. The summed E-state index contributed by atoms with van der Waals surface area (Å²) in [6.45, 7) is 2.47. The van der Waals surface area contributed by atoms with Crippen LogP contribution in [0.1, 0.15) is 30.7 Å². The quantitative estimate of drug-likeness (QED) is 0.844. The second kappa shape index (κ2) is 5.93. The molecule has 1 aromatic heterocycles. The number of halogens is 1. The van der Waals surface area contributed by atoms with Crippen molar-refractivity contribution in [2.45, 2.75) is 30.8 Å². The smallest absolute Gasteiger partial charge is 0.146 e. The summed E-state index contributed by atoms with van der Waals surface area (Å²) in [5.41, 5.74) is 1.94. The normalized spacial score (nSPS) is 23.3. The van der Waals surface area contributed by atoms with Gasteiger partial charge >= 0.3 is 0 Å². The molecule has 2 aromatic rings. The number of hydrogen-bond acceptors (Lipinski definition) is 3. The Labute approximate surface area is 136 Å². The second-order valence-electron chi connectivity index (χ2n) is 6.62. The number of ether oxygens (including phenoxy) is 1. The van der Waals surface area contributed by atoms with Crippen molar-refractivity contribution in [1.82, 2.24) is 4.98 Å². The number of para-hydroxylation sites is 1. The Kier molecular flexibility index (Phi) is 3.77. The van der Waals surface area contributed by atoms with Crippen LogP contribution in [0.15, 0.2) is 48.8 Å². The number of benzene rings is 1. The zero-order valence-electron chi connectivity index (χ0n) is 13.1. The minimum Gasteiger partial charge on any atom is -0.374 e. The first-order chi connectivity index (χ1) is 11.3. The highest BCUT2D eigenvalue weighted by Gasteiger charge is 2.43. The average Bonchev–Trinajstić information content (AvgIpc) is 3.01. The predicted octanol–water partition coefficient (Wildman–Crippen LogP) is 3.76. The van der Waals surface area contributed by atoms with Gasteiger partial charge in [-0.1, -0.05) is 18.2 Å². The molecule has 4 heteroatoms. The van der Waals surface area contributed by atoms with Gasteiger partial charge in [0, 0.05) is 31.4 Å². The molecule has 0 saturated carbocycles. The van der Waals surface area contributed by atoms with Crippen molar-refractivity contribution in [3.8, 4) is 0 Å². The van der Waals surface area contributed by atoms with Gasteiger partial charge in [-0.2, -0.15) is 0 Å². The standard InChI is InChI=1S/C19H21FN2O/c20-17-5-1-2-6-18(17)22-10-7-19(8-11-22)12-16(14-23-19)15-4-3-9-21-13-15/h1-6,9,13,16H,7-8,10-12,14H2/t16-/m0/s1. The number of aromatic nitrogens is 1. The maximum atomic E-state index is 13.9. The molecule has 3 nitrogen and oxygen atoms in total. The van der Waals surface area contributed by atoms with Gasteiger partial charge in [-0.25, -0.2) is 4.39 Å². The van der Waals surface area contributed by atoms with Crippen molar-refractivity contribution in [3.05, 3.63) is 60.2 Å². The van der Waals surface area contributed by atoms with Crippen molar-refractivity contribution in [1.29, 1.82) is 0 Å². The van der Waals surface area contributed by atoms with Gasteiger partial charge in [-0.05, 0) is 43.0 Å². The van der Waals surface area contributed by atoms with Gasteiger partial charge in [-0.3, -0.25) is 4.98 Å². The zero-order valence-corrected chi connectivity index (χ0v) is 13.1. The van der Waals surface area contributed by atoms with Crippen LogP contribution in [0.2, 0.25) is 0 Å². The van der Waals surface area contributed by atoms with Crippen molar-refractivity contribution < 1.29 is 9.13 Å². The number of anilines is 1. The Morgan fingerprint density at radius 2 is 1.96 bits per heavy atom. The first-order valence-corrected chi connectivity index (χ1v) is 8.29. The largest absolute Gasteiger partial charge is 0.374 e. The SMILES string of the molecule is Fc1ccccc1N1CCC2(CC1)C[C@H](c1cccnc1)CO2. The highest BCUT2D eigenvalue weighted by atomic mass is 19.1. The lowest BCUT2D eigenvalue weighted by atomic mass is 9.83. The van der Waals surface area contributed by atoms with Gasteiger partial charge in [-0.15, -0.1) is 0 Å². The fourth-order valence-corrected chi connectivity index (χ4v) is 3.89. The molecule has 2 saturated heterocycles. The third-order valence-corrected chi connectivity index (χ3v) is 5.23. The minimum atomic E-state index is -0.135. The Balaban J connectivity index is 1.43. The monoisotopic (exact) mass is 312 g/mol. The molecule has 2 aliphatic heterocycles. The number of rotatable bonds is 2. The van der Waals surface area contributed by atoms with Gasteiger partial charge in [0.15, 0.2) is 0 Å². The molecule has 3 heterocycles. The third-order valence-electron chi connectivity index (χ3n) is 5.23. The molecule has 1 aromatic carbocycles. The molecule has 1 spiro atoms. The summed E-state index contributed by atoms with van der Waals surface area (Å²) in [7, 11) is 0. The van der Waals surface area contributed by atoms with Gasteiger partial charge in [0.05, 0.1) is 17.9 Å². The molecule has 2 fully saturated rings. The van der Waals surface area contributed by atoms with Crippen LogP contribution in [0, 0.1) is 5.82 Å². The van der Waals surface area contributed by atoms with Crippen molar-refractivity contribution in [2.24, 2.45) is 0 Å². The molecule has 0 radical (unpaired) electrons. The van der Waals surface area contributed by atoms with E-state index in [0.717, 1.165) is 39.0 Å². The Morgan fingerprint density at radius 1 is 1.13 bits per heavy atom. The summed E-state index contributed by atoms with van der Waals surface area (Å²) in [5.74, 6) is 0.299. The molecule has 0 unspecified atom stereocenters. The molecule has 0 aliphatic carbocycles. The highest BCUT2D eigenvalue weighted by molar-refractivity contribution is 5.48. The molecule has 120 valence electrons. The van der Waals surface area contributed by atoms with Crippen molar-refractivity contribution in [2.75, 3.05) is 24.6 Å². The number of piperidine rings is 1. The van der Waals surface area contributed by atoms with Gasteiger partial charge < -0.3 is 9.64 Å². The molecule has 0 amide bonds. The Bertz CT molecular complexity index is 668. The van der Waals surface area contributed by atoms with Crippen LogP contribution in [-0.4, -0.2) is 30.3 Å².